The molecule has 1 aliphatic carbocycles. The number of nitrogens with zero attached hydrogens (tertiary/aromatic N) is 2. The van der Waals surface area contributed by atoms with Crippen molar-refractivity contribution in [3.63, 3.8) is 0 Å². The summed E-state index contributed by atoms with van der Waals surface area (Å²) in [7, 11) is 4.61. The first kappa shape index (κ1) is 23.9. The van der Waals surface area contributed by atoms with Gasteiger partial charge in [-0.1, -0.05) is 0 Å². The van der Waals surface area contributed by atoms with E-state index in [0.29, 0.717) is 18.5 Å². The number of benzene rings is 1. The Kier molecular flexibility index (Phi) is 7.72. The maximum Gasteiger partial charge on any atom is 0.424 e. The van der Waals surface area contributed by atoms with Crippen LogP contribution in [0.1, 0.15) is 41.2 Å². The zero-order valence-electron chi connectivity index (χ0n) is 18.6. The molecule has 1 aliphatic rings. The van der Waals surface area contributed by atoms with Crippen LogP contribution in [0.3, 0.4) is 0 Å². The van der Waals surface area contributed by atoms with Crippen LogP contribution >= 0.6 is 0 Å². The molecule has 1 aromatic carbocycles. The van der Waals surface area contributed by atoms with E-state index in [2.05, 4.69) is 20.9 Å². The van der Waals surface area contributed by atoms with Crippen molar-refractivity contribution in [3.8, 4) is 17.2 Å². The summed E-state index contributed by atoms with van der Waals surface area (Å²) >= 11 is 0. The van der Waals surface area contributed by atoms with Crippen molar-refractivity contribution < 1.29 is 33.7 Å². The van der Waals surface area contributed by atoms with Crippen LogP contribution in [0.4, 0.5) is 10.6 Å². The van der Waals surface area contributed by atoms with E-state index in [9.17, 15) is 19.5 Å². The van der Waals surface area contributed by atoms with Crippen molar-refractivity contribution in [2.45, 2.75) is 31.3 Å². The monoisotopic (exact) mass is 461 g/mol. The third-order valence-electron chi connectivity index (χ3n) is 5.37. The molecule has 1 fully saturated rings. The zero-order chi connectivity index (χ0) is 24.0. The maximum atomic E-state index is 12.3. The van der Waals surface area contributed by atoms with E-state index in [4.69, 9.17) is 14.2 Å². The van der Waals surface area contributed by atoms with Crippen LogP contribution in [0.5, 0.6) is 17.2 Å². The summed E-state index contributed by atoms with van der Waals surface area (Å²) in [6.45, 7) is -0.407. The molecule has 1 aromatic heterocycles. The highest BCUT2D eigenvalue weighted by molar-refractivity contribution is 5.91. The molecule has 0 spiro atoms. The van der Waals surface area contributed by atoms with E-state index in [1.54, 1.807) is 20.2 Å². The number of phenolic OH excluding ortho intramolecular Hbond substituents is 1. The van der Waals surface area contributed by atoms with E-state index in [0.717, 1.165) is 18.5 Å². The van der Waals surface area contributed by atoms with Crippen molar-refractivity contribution in [1.82, 2.24) is 20.6 Å². The first-order valence-electron chi connectivity index (χ1n) is 10.3. The molecular formula is C21H27N5O7. The second-order valence-electron chi connectivity index (χ2n) is 7.52. The van der Waals surface area contributed by atoms with Gasteiger partial charge in [0.1, 0.15) is 23.4 Å². The Morgan fingerprint density at radius 1 is 1.33 bits per heavy atom. The number of nitrogens with one attached hydrogen (secondary N) is 3. The molecule has 4 N–H and O–H groups in total. The number of aldehydes is 1. The molecule has 33 heavy (non-hydrogen) atoms. The molecule has 2 aromatic rings. The Labute approximate surface area is 190 Å². The van der Waals surface area contributed by atoms with Crippen molar-refractivity contribution in [2.75, 3.05) is 33.1 Å². The van der Waals surface area contributed by atoms with E-state index in [-0.39, 0.29) is 34.8 Å². The SMILES string of the molecule is CNN(C)C(=O)OC1CC[C@H](c2cc(NC(=O)COc3cc(OC)cc(O)c3C=O)n[nH]2)C1. The topological polar surface area (TPSA) is 155 Å². The normalized spacial score (nSPS) is 17.3. The molecule has 1 unspecified atom stereocenters. The van der Waals surface area contributed by atoms with Crippen LogP contribution in [-0.4, -0.2) is 72.5 Å². The van der Waals surface area contributed by atoms with Gasteiger partial charge in [-0.15, -0.1) is 0 Å². The van der Waals surface area contributed by atoms with E-state index in [1.165, 1.54) is 24.3 Å². The molecule has 0 saturated heterocycles. The minimum Gasteiger partial charge on any atom is -0.507 e. The highest BCUT2D eigenvalue weighted by Crippen LogP contribution is 2.36. The van der Waals surface area contributed by atoms with Crippen LogP contribution in [0.2, 0.25) is 0 Å². The first-order chi connectivity index (χ1) is 15.8. The Morgan fingerprint density at radius 3 is 2.82 bits per heavy atom. The van der Waals surface area contributed by atoms with Gasteiger partial charge in [-0.25, -0.2) is 15.2 Å². The fourth-order valence-corrected chi connectivity index (χ4v) is 3.52. The smallest absolute Gasteiger partial charge is 0.424 e. The number of ether oxygens (including phenoxy) is 3. The number of aromatic hydroxyl groups is 1. The van der Waals surface area contributed by atoms with Gasteiger partial charge in [-0.05, 0) is 19.3 Å². The number of hydrazine groups is 1. The number of rotatable bonds is 9. The molecule has 0 radical (unpaired) electrons. The van der Waals surface area contributed by atoms with E-state index >= 15 is 0 Å². The molecule has 0 bridgehead atoms. The van der Waals surface area contributed by atoms with Crippen LogP contribution in [0.15, 0.2) is 18.2 Å². The van der Waals surface area contributed by atoms with Crippen LogP contribution < -0.4 is 20.2 Å². The second-order valence-corrected chi connectivity index (χ2v) is 7.52. The number of carbonyl (C=O) groups excluding carboxylic acids is 3. The van der Waals surface area contributed by atoms with Crippen LogP contribution in [-0.2, 0) is 9.53 Å². The zero-order valence-corrected chi connectivity index (χ0v) is 18.6. The van der Waals surface area contributed by atoms with Crippen molar-refractivity contribution in [3.05, 3.63) is 29.5 Å². The Hall–Kier alpha value is -3.80. The van der Waals surface area contributed by atoms with Crippen molar-refractivity contribution >= 4 is 24.1 Å². The molecule has 1 saturated carbocycles. The Balaban J connectivity index is 1.53. The molecule has 2 amide bonds. The molecule has 178 valence electrons. The van der Waals surface area contributed by atoms with Crippen LogP contribution in [0, 0.1) is 0 Å². The first-order valence-corrected chi connectivity index (χ1v) is 10.3. The summed E-state index contributed by atoms with van der Waals surface area (Å²) in [5.41, 5.74) is 3.44. The number of hydrogen-bond donors (Lipinski definition) is 4. The van der Waals surface area contributed by atoms with Gasteiger partial charge in [0.05, 0.1) is 12.7 Å². The van der Waals surface area contributed by atoms with Gasteiger partial charge < -0.3 is 24.6 Å². The molecular weight excluding hydrogens is 434 g/mol. The lowest BCUT2D eigenvalue weighted by atomic mass is 10.0. The second kappa shape index (κ2) is 10.7. The average Bonchev–Trinajstić information content (AvgIpc) is 3.46. The number of aromatic amines is 1. The molecule has 2 atom stereocenters. The summed E-state index contributed by atoms with van der Waals surface area (Å²) in [5.74, 6) is -0.0702. The van der Waals surface area contributed by atoms with Gasteiger partial charge in [0.15, 0.2) is 18.7 Å². The Bertz CT molecular complexity index is 1010. The predicted octanol–water partition coefficient (Wildman–Crippen LogP) is 1.79. The number of hydrogen-bond acceptors (Lipinski definition) is 9. The largest absolute Gasteiger partial charge is 0.507 e. The molecule has 12 heteroatoms. The van der Waals surface area contributed by atoms with E-state index < -0.39 is 18.6 Å². The van der Waals surface area contributed by atoms with Gasteiger partial charge >= 0.3 is 6.09 Å². The third-order valence-corrected chi connectivity index (χ3v) is 5.37. The molecule has 0 aliphatic heterocycles. The minimum atomic E-state index is -0.500. The van der Waals surface area contributed by atoms with Gasteiger partial charge in [0, 0.05) is 43.9 Å². The standard InChI is InChI=1S/C21H27N5O7/c1-22-26(2)21(30)33-13-5-4-12(6-13)16-9-19(25-24-16)23-20(29)11-32-18-8-14(31-3)7-17(28)15(18)10-27/h7-10,12-13,22,28H,4-6,11H2,1-3H3,(H2,23,24,25,29)/t12-,13?/m0/s1. The van der Waals surface area contributed by atoms with Gasteiger partial charge in [0.25, 0.3) is 5.91 Å². The Morgan fingerprint density at radius 2 is 2.12 bits per heavy atom. The quantitative estimate of drug-likeness (QED) is 0.323. The number of H-pyrrole nitrogens is 1. The lowest BCUT2D eigenvalue weighted by Gasteiger charge is -2.18. The lowest BCUT2D eigenvalue weighted by molar-refractivity contribution is -0.118. The lowest BCUT2D eigenvalue weighted by Crippen LogP contribution is -2.38. The third kappa shape index (κ3) is 5.92. The number of phenols is 1. The molecule has 1 heterocycles. The van der Waals surface area contributed by atoms with Gasteiger partial charge in [0.2, 0.25) is 0 Å². The minimum absolute atomic E-state index is 0.0233. The average molecular weight is 461 g/mol. The van der Waals surface area contributed by atoms with Gasteiger partial charge in [-0.2, -0.15) is 5.10 Å². The van der Waals surface area contributed by atoms with E-state index in [1.807, 2.05) is 0 Å². The highest BCUT2D eigenvalue weighted by atomic mass is 16.6. The summed E-state index contributed by atoms with van der Waals surface area (Å²) in [6, 6.07) is 4.40. The molecule has 12 nitrogen and oxygen atoms in total. The fraction of sp³-hybridized carbons (Fsp3) is 0.429. The number of carbonyl (C=O) groups is 3. The summed E-state index contributed by atoms with van der Waals surface area (Å²) < 4.78 is 15.9. The molecule has 3 rings (SSSR count). The predicted molar refractivity (Wildman–Crippen MR) is 116 cm³/mol. The summed E-state index contributed by atoms with van der Waals surface area (Å²) in [6.07, 6.45) is 1.99. The van der Waals surface area contributed by atoms with Crippen LogP contribution in [0.25, 0.3) is 0 Å². The van der Waals surface area contributed by atoms with Crippen molar-refractivity contribution in [1.29, 1.82) is 0 Å². The number of anilines is 1. The van der Waals surface area contributed by atoms with Gasteiger partial charge in [-0.3, -0.25) is 14.7 Å². The maximum absolute atomic E-state index is 12.3. The summed E-state index contributed by atoms with van der Waals surface area (Å²) in [5, 5.41) is 20.8. The number of amides is 2. The highest BCUT2D eigenvalue weighted by Gasteiger charge is 2.30. The number of methoxy groups -OCH3 is 1. The fourth-order valence-electron chi connectivity index (χ4n) is 3.52. The summed E-state index contributed by atoms with van der Waals surface area (Å²) in [4.78, 5) is 35.4. The number of aromatic nitrogens is 2. The van der Waals surface area contributed by atoms with Crippen molar-refractivity contribution in [2.24, 2.45) is 0 Å².